The van der Waals surface area contributed by atoms with Crippen LogP contribution in [-0.2, 0) is 12.6 Å². The SMILES string of the molecule is O=C(Nc1cccc(C(F)(F)F)c1)N1CCc2c([nH]c3ccccc23)C1c1ccc(F)cc1. The number of para-hydroxylation sites is 1. The molecule has 0 bridgehead atoms. The number of rotatable bonds is 2. The van der Waals surface area contributed by atoms with Crippen LogP contribution in [0.25, 0.3) is 10.9 Å². The predicted octanol–water partition coefficient (Wildman–Crippen LogP) is 6.51. The Labute approximate surface area is 186 Å². The molecule has 3 aromatic carbocycles. The quantitative estimate of drug-likeness (QED) is 0.334. The zero-order valence-electron chi connectivity index (χ0n) is 17.3. The summed E-state index contributed by atoms with van der Waals surface area (Å²) < 4.78 is 52.9. The highest BCUT2D eigenvalue weighted by Gasteiger charge is 2.35. The van der Waals surface area contributed by atoms with E-state index in [1.54, 1.807) is 17.0 Å². The molecule has 1 aromatic heterocycles. The zero-order chi connectivity index (χ0) is 23.2. The maximum absolute atomic E-state index is 13.6. The largest absolute Gasteiger partial charge is 0.416 e. The maximum atomic E-state index is 13.6. The van der Waals surface area contributed by atoms with Crippen LogP contribution in [0.5, 0.6) is 0 Å². The number of H-pyrrole nitrogens is 1. The molecule has 1 atom stereocenters. The molecule has 2 heterocycles. The van der Waals surface area contributed by atoms with Gasteiger partial charge in [-0.3, -0.25) is 0 Å². The Morgan fingerprint density at radius 3 is 2.52 bits per heavy atom. The Kier molecular flexibility index (Phi) is 5.08. The van der Waals surface area contributed by atoms with Crippen LogP contribution in [0.1, 0.15) is 28.4 Å². The van der Waals surface area contributed by atoms with Crippen LogP contribution in [-0.4, -0.2) is 22.5 Å². The molecule has 168 valence electrons. The van der Waals surface area contributed by atoms with Crippen LogP contribution in [0.4, 0.5) is 28.0 Å². The summed E-state index contributed by atoms with van der Waals surface area (Å²) in [6.07, 6.45) is -3.94. The van der Waals surface area contributed by atoms with Crippen LogP contribution in [0.3, 0.4) is 0 Å². The van der Waals surface area contributed by atoms with Crippen molar-refractivity contribution in [3.05, 3.63) is 101 Å². The number of halogens is 4. The van der Waals surface area contributed by atoms with Crippen molar-refractivity contribution in [2.45, 2.75) is 18.6 Å². The number of carbonyl (C=O) groups excluding carboxylic acids is 1. The van der Waals surface area contributed by atoms with Gasteiger partial charge in [-0.15, -0.1) is 0 Å². The number of benzene rings is 3. The zero-order valence-corrected chi connectivity index (χ0v) is 17.3. The third-order valence-corrected chi connectivity index (χ3v) is 5.92. The minimum absolute atomic E-state index is 0.0510. The van der Waals surface area contributed by atoms with E-state index < -0.39 is 29.6 Å². The highest BCUT2D eigenvalue weighted by atomic mass is 19.4. The second-order valence-electron chi connectivity index (χ2n) is 7.97. The Hall–Kier alpha value is -3.81. The Morgan fingerprint density at radius 1 is 1.00 bits per heavy atom. The van der Waals surface area contributed by atoms with Gasteiger partial charge in [0.15, 0.2) is 0 Å². The number of nitrogens with zero attached hydrogens (tertiary/aromatic N) is 1. The molecule has 8 heteroatoms. The Morgan fingerprint density at radius 2 is 1.76 bits per heavy atom. The number of fused-ring (bicyclic) bond motifs is 3. The van der Waals surface area contributed by atoms with Crippen molar-refractivity contribution in [2.24, 2.45) is 0 Å². The molecule has 2 amide bonds. The fraction of sp³-hybridized carbons (Fsp3) is 0.160. The van der Waals surface area contributed by atoms with Gasteiger partial charge in [-0.25, -0.2) is 9.18 Å². The molecule has 0 saturated carbocycles. The topological polar surface area (TPSA) is 48.1 Å². The van der Waals surface area contributed by atoms with Crippen molar-refractivity contribution in [1.29, 1.82) is 0 Å². The first-order chi connectivity index (χ1) is 15.8. The monoisotopic (exact) mass is 453 g/mol. The van der Waals surface area contributed by atoms with Crippen LogP contribution in [0.15, 0.2) is 72.8 Å². The number of hydrogen-bond donors (Lipinski definition) is 2. The number of hydrogen-bond acceptors (Lipinski definition) is 1. The highest BCUT2D eigenvalue weighted by Crippen LogP contribution is 2.39. The Bertz CT molecular complexity index is 1330. The van der Waals surface area contributed by atoms with E-state index in [1.165, 1.54) is 24.3 Å². The van der Waals surface area contributed by atoms with E-state index in [1.807, 2.05) is 24.3 Å². The van der Waals surface area contributed by atoms with Gasteiger partial charge in [0, 0.05) is 28.8 Å². The summed E-state index contributed by atoms with van der Waals surface area (Å²) in [5.41, 5.74) is 2.72. The molecular weight excluding hydrogens is 434 g/mol. The standard InChI is InChI=1S/C25H19F4N3O/c26-17-10-8-15(9-11-17)23-22-20(19-6-1-2-7-21(19)31-22)12-13-32(23)24(33)30-18-5-3-4-16(14-18)25(27,28)29/h1-11,14,23,31H,12-13H2,(H,30,33). The van der Waals surface area contributed by atoms with Crippen LogP contribution < -0.4 is 5.32 Å². The molecule has 0 radical (unpaired) electrons. The Balaban J connectivity index is 1.53. The van der Waals surface area contributed by atoms with Gasteiger partial charge in [-0.1, -0.05) is 36.4 Å². The lowest BCUT2D eigenvalue weighted by atomic mass is 9.92. The van der Waals surface area contributed by atoms with Gasteiger partial charge in [0.25, 0.3) is 0 Å². The molecular formula is C25H19F4N3O. The van der Waals surface area contributed by atoms with Gasteiger partial charge in [0.2, 0.25) is 0 Å². The fourth-order valence-electron chi connectivity index (χ4n) is 4.42. The van der Waals surface area contributed by atoms with Gasteiger partial charge in [0.1, 0.15) is 5.82 Å². The summed E-state index contributed by atoms with van der Waals surface area (Å²) in [7, 11) is 0. The van der Waals surface area contributed by atoms with Gasteiger partial charge in [-0.05, 0) is 53.9 Å². The molecule has 0 fully saturated rings. The molecule has 0 saturated heterocycles. The minimum Gasteiger partial charge on any atom is -0.356 e. The first kappa shape index (κ1) is 21.1. The number of amides is 2. The van der Waals surface area contributed by atoms with Crippen LogP contribution in [0.2, 0.25) is 0 Å². The van der Waals surface area contributed by atoms with Gasteiger partial charge >= 0.3 is 12.2 Å². The van der Waals surface area contributed by atoms with E-state index >= 15 is 0 Å². The molecule has 33 heavy (non-hydrogen) atoms. The second-order valence-corrected chi connectivity index (χ2v) is 7.97. The molecule has 1 aliphatic rings. The average molecular weight is 453 g/mol. The second kappa shape index (κ2) is 7.95. The normalized spacial score (nSPS) is 16.0. The maximum Gasteiger partial charge on any atom is 0.416 e. The molecule has 4 nitrogen and oxygen atoms in total. The summed E-state index contributed by atoms with van der Waals surface area (Å²) in [5.74, 6) is -0.397. The first-order valence-corrected chi connectivity index (χ1v) is 10.4. The molecule has 0 spiro atoms. The number of carbonyl (C=O) groups is 1. The summed E-state index contributed by atoms with van der Waals surface area (Å²) in [4.78, 5) is 18.2. The third-order valence-electron chi connectivity index (χ3n) is 5.92. The van der Waals surface area contributed by atoms with Crippen LogP contribution >= 0.6 is 0 Å². The fourth-order valence-corrected chi connectivity index (χ4v) is 4.42. The van der Waals surface area contributed by atoms with Crippen molar-refractivity contribution in [2.75, 3.05) is 11.9 Å². The summed E-state index contributed by atoms with van der Waals surface area (Å²) in [5, 5.41) is 3.65. The van der Waals surface area contributed by atoms with Gasteiger partial charge in [-0.2, -0.15) is 13.2 Å². The number of alkyl halides is 3. The molecule has 1 aliphatic heterocycles. The van der Waals surface area contributed by atoms with E-state index in [-0.39, 0.29) is 5.69 Å². The molecule has 1 unspecified atom stereocenters. The van der Waals surface area contributed by atoms with Gasteiger partial charge < -0.3 is 15.2 Å². The third kappa shape index (κ3) is 3.92. The van der Waals surface area contributed by atoms with Crippen molar-refractivity contribution < 1.29 is 22.4 Å². The van der Waals surface area contributed by atoms with E-state index in [0.29, 0.717) is 18.5 Å². The lowest BCUT2D eigenvalue weighted by Gasteiger charge is -2.36. The summed E-state index contributed by atoms with van der Waals surface area (Å²) >= 11 is 0. The van der Waals surface area contributed by atoms with E-state index in [2.05, 4.69) is 10.3 Å². The number of urea groups is 1. The smallest absolute Gasteiger partial charge is 0.356 e. The van der Waals surface area contributed by atoms with Crippen molar-refractivity contribution in [3.63, 3.8) is 0 Å². The summed E-state index contributed by atoms with van der Waals surface area (Å²) in [6.45, 7) is 0.349. The van der Waals surface area contributed by atoms with E-state index in [9.17, 15) is 22.4 Å². The van der Waals surface area contributed by atoms with E-state index in [0.717, 1.165) is 34.3 Å². The number of aromatic nitrogens is 1. The number of anilines is 1. The lowest BCUT2D eigenvalue weighted by Crippen LogP contribution is -2.43. The van der Waals surface area contributed by atoms with Gasteiger partial charge in [0.05, 0.1) is 11.6 Å². The number of nitrogens with one attached hydrogen (secondary N) is 2. The lowest BCUT2D eigenvalue weighted by molar-refractivity contribution is -0.137. The summed E-state index contributed by atoms with van der Waals surface area (Å²) in [6, 6.07) is 17.1. The van der Waals surface area contributed by atoms with Crippen molar-refractivity contribution in [3.8, 4) is 0 Å². The molecule has 4 aromatic rings. The van der Waals surface area contributed by atoms with E-state index in [4.69, 9.17) is 0 Å². The molecule has 0 aliphatic carbocycles. The molecule has 2 N–H and O–H groups in total. The van der Waals surface area contributed by atoms with Crippen molar-refractivity contribution >= 4 is 22.6 Å². The van der Waals surface area contributed by atoms with Crippen LogP contribution in [0, 0.1) is 5.82 Å². The highest BCUT2D eigenvalue weighted by molar-refractivity contribution is 5.91. The predicted molar refractivity (Wildman–Crippen MR) is 117 cm³/mol. The number of aromatic amines is 1. The van der Waals surface area contributed by atoms with Crippen molar-refractivity contribution in [1.82, 2.24) is 9.88 Å². The minimum atomic E-state index is -4.51. The average Bonchev–Trinajstić information content (AvgIpc) is 3.17. The first-order valence-electron chi connectivity index (χ1n) is 10.4. The molecule has 5 rings (SSSR count).